The van der Waals surface area contributed by atoms with Gasteiger partial charge in [-0.05, 0) is 43.2 Å². The molecule has 7 heteroatoms. The zero-order chi connectivity index (χ0) is 20.9. The van der Waals surface area contributed by atoms with Crippen molar-refractivity contribution in [3.05, 3.63) is 30.2 Å². The van der Waals surface area contributed by atoms with Crippen molar-refractivity contribution in [1.82, 2.24) is 20.1 Å². The van der Waals surface area contributed by atoms with Crippen LogP contribution in [0.1, 0.15) is 58.6 Å². The number of carbonyl (C=O) groups is 1. The van der Waals surface area contributed by atoms with Gasteiger partial charge >= 0.3 is 6.09 Å². The second-order valence-electron chi connectivity index (χ2n) is 8.88. The van der Waals surface area contributed by atoms with Gasteiger partial charge in [0.25, 0.3) is 0 Å². The van der Waals surface area contributed by atoms with E-state index in [4.69, 9.17) is 9.47 Å². The normalized spacial score (nSPS) is 15.2. The molecule has 1 aliphatic carbocycles. The van der Waals surface area contributed by atoms with Crippen LogP contribution in [0.2, 0.25) is 0 Å². The molecule has 0 aliphatic heterocycles. The molecule has 158 valence electrons. The van der Waals surface area contributed by atoms with Crippen LogP contribution >= 0.6 is 0 Å². The third-order valence-corrected chi connectivity index (χ3v) is 4.97. The summed E-state index contributed by atoms with van der Waals surface area (Å²) in [5, 5.41) is 7.13. The van der Waals surface area contributed by atoms with Crippen molar-refractivity contribution in [1.29, 1.82) is 0 Å². The van der Waals surface area contributed by atoms with Crippen molar-refractivity contribution in [3.63, 3.8) is 0 Å². The molecule has 0 radical (unpaired) electrons. The fourth-order valence-corrected chi connectivity index (χ4v) is 3.36. The SMILES string of the molecule is Cn1ncc(-c2ccc(OC3CCCCC3)cn2)c1CNC(=O)OCC(C)(C)C. The molecule has 0 aromatic carbocycles. The highest BCUT2D eigenvalue weighted by atomic mass is 16.5. The predicted octanol–water partition coefficient (Wildman–Crippen LogP) is 4.47. The molecule has 0 atom stereocenters. The van der Waals surface area contributed by atoms with Gasteiger partial charge in [0.1, 0.15) is 5.75 Å². The number of rotatable bonds is 6. The fourth-order valence-electron chi connectivity index (χ4n) is 3.36. The van der Waals surface area contributed by atoms with Crippen molar-refractivity contribution >= 4 is 6.09 Å². The van der Waals surface area contributed by atoms with Crippen molar-refractivity contribution in [2.75, 3.05) is 6.61 Å². The molecule has 0 unspecified atom stereocenters. The van der Waals surface area contributed by atoms with Crippen LogP contribution < -0.4 is 10.1 Å². The maximum atomic E-state index is 12.0. The molecule has 1 saturated carbocycles. The third-order valence-electron chi connectivity index (χ3n) is 4.97. The Balaban J connectivity index is 1.61. The summed E-state index contributed by atoms with van der Waals surface area (Å²) in [6.07, 6.45) is 9.41. The Morgan fingerprint density at radius 3 is 2.62 bits per heavy atom. The molecule has 1 N–H and O–H groups in total. The zero-order valence-corrected chi connectivity index (χ0v) is 17.9. The van der Waals surface area contributed by atoms with Crippen LogP contribution in [0.25, 0.3) is 11.3 Å². The number of ether oxygens (including phenoxy) is 2. The average Bonchev–Trinajstić information content (AvgIpc) is 3.06. The van der Waals surface area contributed by atoms with Gasteiger partial charge in [0.05, 0.1) is 43.0 Å². The van der Waals surface area contributed by atoms with Gasteiger partial charge in [0.15, 0.2) is 0 Å². The summed E-state index contributed by atoms with van der Waals surface area (Å²) in [4.78, 5) is 16.5. The number of amides is 1. The lowest BCUT2D eigenvalue weighted by atomic mass is 9.98. The first-order chi connectivity index (χ1) is 13.8. The number of aromatic nitrogens is 3. The molecule has 2 aromatic heterocycles. The molecular weight excluding hydrogens is 368 g/mol. The molecule has 2 aromatic rings. The zero-order valence-electron chi connectivity index (χ0n) is 17.9. The summed E-state index contributed by atoms with van der Waals surface area (Å²) >= 11 is 0. The minimum absolute atomic E-state index is 0.0691. The minimum Gasteiger partial charge on any atom is -0.489 e. The van der Waals surface area contributed by atoms with Crippen LogP contribution in [0.15, 0.2) is 24.5 Å². The summed E-state index contributed by atoms with van der Waals surface area (Å²) in [6.45, 7) is 6.74. The van der Waals surface area contributed by atoms with E-state index in [2.05, 4.69) is 15.4 Å². The van der Waals surface area contributed by atoms with E-state index in [1.54, 1.807) is 17.1 Å². The van der Waals surface area contributed by atoms with Gasteiger partial charge in [-0.3, -0.25) is 9.67 Å². The molecule has 7 nitrogen and oxygen atoms in total. The first kappa shape index (κ1) is 21.1. The van der Waals surface area contributed by atoms with Crippen molar-refractivity contribution < 1.29 is 14.3 Å². The number of nitrogens with one attached hydrogen (secondary N) is 1. The largest absolute Gasteiger partial charge is 0.489 e. The number of carbonyl (C=O) groups excluding carboxylic acids is 1. The monoisotopic (exact) mass is 400 g/mol. The van der Waals surface area contributed by atoms with Crippen LogP contribution in [0.5, 0.6) is 5.75 Å². The van der Waals surface area contributed by atoms with Gasteiger partial charge in [-0.25, -0.2) is 4.79 Å². The Kier molecular flexibility index (Phi) is 6.77. The number of hydrogen-bond acceptors (Lipinski definition) is 5. The lowest BCUT2D eigenvalue weighted by molar-refractivity contribution is 0.106. The Labute approximate surface area is 172 Å². The quantitative estimate of drug-likeness (QED) is 0.774. The molecule has 0 spiro atoms. The smallest absolute Gasteiger partial charge is 0.407 e. The van der Waals surface area contributed by atoms with Crippen LogP contribution in [-0.4, -0.2) is 33.6 Å². The average molecular weight is 401 g/mol. The highest BCUT2D eigenvalue weighted by Crippen LogP contribution is 2.26. The lowest BCUT2D eigenvalue weighted by Crippen LogP contribution is -2.28. The van der Waals surface area contributed by atoms with E-state index < -0.39 is 6.09 Å². The highest BCUT2D eigenvalue weighted by Gasteiger charge is 2.17. The topological polar surface area (TPSA) is 78.3 Å². The van der Waals surface area contributed by atoms with E-state index in [1.807, 2.05) is 40.0 Å². The van der Waals surface area contributed by atoms with Gasteiger partial charge in [0.2, 0.25) is 0 Å². The Hall–Kier alpha value is -2.57. The van der Waals surface area contributed by atoms with Gasteiger partial charge in [-0.1, -0.05) is 27.2 Å². The second-order valence-corrected chi connectivity index (χ2v) is 8.88. The van der Waals surface area contributed by atoms with Crippen molar-refractivity contribution in [2.45, 2.75) is 65.5 Å². The maximum absolute atomic E-state index is 12.0. The first-order valence-corrected chi connectivity index (χ1v) is 10.4. The van der Waals surface area contributed by atoms with Crippen molar-refractivity contribution in [2.24, 2.45) is 12.5 Å². The summed E-state index contributed by atoms with van der Waals surface area (Å²) in [5.41, 5.74) is 2.48. The molecule has 2 heterocycles. The number of pyridine rings is 1. The molecule has 1 amide bonds. The summed E-state index contributed by atoms with van der Waals surface area (Å²) in [6, 6.07) is 3.90. The van der Waals surface area contributed by atoms with Gasteiger partial charge < -0.3 is 14.8 Å². The highest BCUT2D eigenvalue weighted by molar-refractivity contribution is 5.68. The molecule has 29 heavy (non-hydrogen) atoms. The van der Waals surface area contributed by atoms with E-state index in [0.29, 0.717) is 19.3 Å². The third kappa shape index (κ3) is 6.21. The Morgan fingerprint density at radius 1 is 1.21 bits per heavy atom. The Bertz CT molecular complexity index is 802. The van der Waals surface area contributed by atoms with E-state index in [-0.39, 0.29) is 5.41 Å². The molecule has 1 fully saturated rings. The van der Waals surface area contributed by atoms with E-state index in [9.17, 15) is 4.79 Å². The molecule has 1 aliphatic rings. The minimum atomic E-state index is -0.434. The molecule has 0 saturated heterocycles. The molecule has 3 rings (SSSR count). The van der Waals surface area contributed by atoms with Crippen LogP contribution in [0.3, 0.4) is 0 Å². The molecular formula is C22H32N4O3. The maximum Gasteiger partial charge on any atom is 0.407 e. The van der Waals surface area contributed by atoms with E-state index in [1.165, 1.54) is 19.3 Å². The van der Waals surface area contributed by atoms with Gasteiger partial charge in [-0.15, -0.1) is 0 Å². The predicted molar refractivity (Wildman–Crippen MR) is 112 cm³/mol. The van der Waals surface area contributed by atoms with Gasteiger partial charge in [-0.2, -0.15) is 5.10 Å². The van der Waals surface area contributed by atoms with Gasteiger partial charge in [0, 0.05) is 12.6 Å². The number of aryl methyl sites for hydroxylation is 1. The number of hydrogen-bond donors (Lipinski definition) is 1. The van der Waals surface area contributed by atoms with Crippen molar-refractivity contribution in [3.8, 4) is 17.0 Å². The van der Waals surface area contributed by atoms with E-state index in [0.717, 1.165) is 35.5 Å². The fraction of sp³-hybridized carbons (Fsp3) is 0.591. The first-order valence-electron chi connectivity index (χ1n) is 10.4. The lowest BCUT2D eigenvalue weighted by Gasteiger charge is -2.22. The van der Waals surface area contributed by atoms with Crippen LogP contribution in [0, 0.1) is 5.41 Å². The molecule has 0 bridgehead atoms. The Morgan fingerprint density at radius 2 is 1.97 bits per heavy atom. The summed E-state index contributed by atoms with van der Waals surface area (Å²) < 4.78 is 13.1. The van der Waals surface area contributed by atoms with Crippen LogP contribution in [-0.2, 0) is 18.3 Å². The number of alkyl carbamates (subject to hydrolysis) is 1. The summed E-state index contributed by atoms with van der Waals surface area (Å²) in [7, 11) is 1.85. The number of nitrogens with zero attached hydrogens (tertiary/aromatic N) is 3. The van der Waals surface area contributed by atoms with Crippen LogP contribution in [0.4, 0.5) is 4.79 Å². The standard InChI is InChI=1S/C22H32N4O3/c1-22(2,3)15-28-21(27)24-14-20-18(13-25-26(20)4)19-11-10-17(12-23-19)29-16-8-6-5-7-9-16/h10-13,16H,5-9,14-15H2,1-4H3,(H,24,27). The van der Waals surface area contributed by atoms with E-state index >= 15 is 0 Å². The second kappa shape index (κ2) is 9.29. The summed E-state index contributed by atoms with van der Waals surface area (Å²) in [5.74, 6) is 0.801.